The summed E-state index contributed by atoms with van der Waals surface area (Å²) in [4.78, 5) is 12.1. The minimum atomic E-state index is -4.54. The summed E-state index contributed by atoms with van der Waals surface area (Å²) < 4.78 is 41.3. The molecule has 0 aliphatic rings. The molecule has 1 atom stereocenters. The van der Waals surface area contributed by atoms with Gasteiger partial charge in [-0.25, -0.2) is 0 Å². The Balaban J connectivity index is 2.00. The molecule has 2 rings (SSSR count). The van der Waals surface area contributed by atoms with E-state index >= 15 is 0 Å². The fourth-order valence-corrected chi connectivity index (χ4v) is 2.97. The molecule has 25 heavy (non-hydrogen) atoms. The Bertz CT molecular complexity index is 781. The zero-order chi connectivity index (χ0) is 18.9. The summed E-state index contributed by atoms with van der Waals surface area (Å²) in [5.74, 6) is -0.268. The van der Waals surface area contributed by atoms with Crippen LogP contribution in [0.3, 0.4) is 0 Å². The third kappa shape index (κ3) is 4.23. The average Bonchev–Trinajstić information content (AvgIpc) is 2.98. The summed E-state index contributed by atoms with van der Waals surface area (Å²) in [6.45, 7) is 5.31. The molecule has 2 aromatic heterocycles. The molecule has 0 bridgehead atoms. The second-order valence-electron chi connectivity index (χ2n) is 5.82. The molecule has 0 aliphatic heterocycles. The fourth-order valence-electron chi connectivity index (χ4n) is 2.46. The van der Waals surface area contributed by atoms with Crippen LogP contribution < -0.4 is 5.32 Å². The molecule has 1 unspecified atom stereocenters. The summed E-state index contributed by atoms with van der Waals surface area (Å²) in [6.07, 6.45) is -2.83. The van der Waals surface area contributed by atoms with Gasteiger partial charge in [0.2, 0.25) is 5.91 Å². The van der Waals surface area contributed by atoms with Crippen LogP contribution in [0.4, 0.5) is 13.2 Å². The summed E-state index contributed by atoms with van der Waals surface area (Å²) in [5, 5.41) is 10.5. The van der Waals surface area contributed by atoms with E-state index in [1.54, 1.807) is 10.9 Å². The van der Waals surface area contributed by atoms with Crippen molar-refractivity contribution in [1.29, 1.82) is 0 Å². The van der Waals surface area contributed by atoms with Crippen LogP contribution in [-0.2, 0) is 24.6 Å². The largest absolute Gasteiger partial charge is 0.436 e. The number of carbonyl (C=O) groups excluding carboxylic acids is 1. The lowest BCUT2D eigenvalue weighted by Crippen LogP contribution is -2.28. The molecule has 1 amide bonds. The first kappa shape index (κ1) is 19.5. The Kier molecular flexibility index (Phi) is 5.60. The van der Waals surface area contributed by atoms with Crippen molar-refractivity contribution in [3.8, 4) is 0 Å². The molecule has 1 N–H and O–H groups in total. The maximum atomic E-state index is 12.8. The molecule has 0 saturated carbocycles. The van der Waals surface area contributed by atoms with Crippen molar-refractivity contribution in [2.75, 3.05) is 0 Å². The number of halogens is 4. The Hall–Kier alpha value is -1.84. The van der Waals surface area contributed by atoms with Crippen LogP contribution in [0, 0.1) is 13.8 Å². The predicted octanol–water partition coefficient (Wildman–Crippen LogP) is 3.28. The number of hydrogen-bond donors (Lipinski definition) is 1. The molecule has 0 fully saturated rings. The minimum absolute atomic E-state index is 0.0237. The highest BCUT2D eigenvalue weighted by Gasteiger charge is 2.37. The summed E-state index contributed by atoms with van der Waals surface area (Å²) in [5.41, 5.74) is 1.18. The summed E-state index contributed by atoms with van der Waals surface area (Å²) >= 11 is 2.91. The Morgan fingerprint density at radius 1 is 1.36 bits per heavy atom. The number of rotatable bonds is 5. The predicted molar refractivity (Wildman–Crippen MR) is 88.8 cm³/mol. The second kappa shape index (κ2) is 7.19. The van der Waals surface area contributed by atoms with Gasteiger partial charge >= 0.3 is 6.18 Å². The van der Waals surface area contributed by atoms with Crippen LogP contribution in [-0.4, -0.2) is 25.5 Å². The van der Waals surface area contributed by atoms with Crippen LogP contribution in [0.1, 0.15) is 42.0 Å². The number of nitrogens with zero attached hydrogens (tertiary/aromatic N) is 4. The van der Waals surface area contributed by atoms with Gasteiger partial charge in [0.15, 0.2) is 5.69 Å². The zero-order valence-corrected chi connectivity index (χ0v) is 15.9. The molecule has 0 radical (unpaired) electrons. The van der Waals surface area contributed by atoms with E-state index in [4.69, 9.17) is 0 Å². The maximum Gasteiger partial charge on any atom is 0.436 e. The molecular weight excluding hydrogens is 403 g/mol. The molecule has 6 nitrogen and oxygen atoms in total. The van der Waals surface area contributed by atoms with Crippen LogP contribution in [0.5, 0.6) is 0 Å². The number of hydrogen-bond acceptors (Lipinski definition) is 3. The molecule has 2 aromatic rings. The molecule has 138 valence electrons. The molecule has 0 aliphatic carbocycles. The number of aromatic nitrogens is 4. The van der Waals surface area contributed by atoms with Gasteiger partial charge in [-0.15, -0.1) is 0 Å². The molecule has 10 heteroatoms. The highest BCUT2D eigenvalue weighted by molar-refractivity contribution is 9.10. The van der Waals surface area contributed by atoms with Gasteiger partial charge in [0.25, 0.3) is 0 Å². The minimum Gasteiger partial charge on any atom is -0.349 e. The van der Waals surface area contributed by atoms with Gasteiger partial charge in [0.05, 0.1) is 29.0 Å². The summed E-state index contributed by atoms with van der Waals surface area (Å²) in [7, 11) is 1.81. The molecule has 0 saturated heterocycles. The highest BCUT2D eigenvalue weighted by atomic mass is 79.9. The third-order valence-electron chi connectivity index (χ3n) is 4.07. The van der Waals surface area contributed by atoms with E-state index in [9.17, 15) is 18.0 Å². The second-order valence-corrected chi connectivity index (χ2v) is 6.61. The first-order chi connectivity index (χ1) is 11.5. The standard InChI is InChI=1S/C15H19BrF3N5O/c1-8(11-7-20-23(4)9(11)2)21-12(25)5-6-24-10(3)13(16)14(22-24)15(17,18)19/h7-8H,5-6H2,1-4H3,(H,21,25). The van der Waals surface area contributed by atoms with E-state index in [-0.39, 0.29) is 29.4 Å². The van der Waals surface area contributed by atoms with Crippen molar-refractivity contribution < 1.29 is 18.0 Å². The van der Waals surface area contributed by atoms with E-state index in [0.717, 1.165) is 11.3 Å². The van der Waals surface area contributed by atoms with Crippen LogP contribution in [0.25, 0.3) is 0 Å². The summed E-state index contributed by atoms with van der Waals surface area (Å²) in [6, 6.07) is -0.239. The number of amides is 1. The Morgan fingerprint density at radius 2 is 2.00 bits per heavy atom. The van der Waals surface area contributed by atoms with Crippen LogP contribution >= 0.6 is 15.9 Å². The maximum absolute atomic E-state index is 12.8. The van der Waals surface area contributed by atoms with E-state index in [2.05, 4.69) is 31.4 Å². The zero-order valence-electron chi connectivity index (χ0n) is 14.3. The number of nitrogens with one attached hydrogen (secondary N) is 1. The van der Waals surface area contributed by atoms with Crippen molar-refractivity contribution in [3.05, 3.63) is 33.3 Å². The normalized spacial score (nSPS) is 13.1. The first-order valence-electron chi connectivity index (χ1n) is 7.60. The van der Waals surface area contributed by atoms with E-state index in [1.165, 1.54) is 11.6 Å². The van der Waals surface area contributed by atoms with Gasteiger partial charge < -0.3 is 5.32 Å². The van der Waals surface area contributed by atoms with Crippen molar-refractivity contribution in [3.63, 3.8) is 0 Å². The Labute approximate surface area is 151 Å². The fraction of sp³-hybridized carbons (Fsp3) is 0.533. The monoisotopic (exact) mass is 421 g/mol. The van der Waals surface area contributed by atoms with E-state index < -0.39 is 11.9 Å². The molecular formula is C15H19BrF3N5O. The number of carbonyl (C=O) groups is 1. The van der Waals surface area contributed by atoms with Gasteiger partial charge in [-0.05, 0) is 36.7 Å². The number of aryl methyl sites for hydroxylation is 2. The quantitative estimate of drug-likeness (QED) is 0.805. The van der Waals surface area contributed by atoms with Crippen molar-refractivity contribution in [2.24, 2.45) is 7.05 Å². The lowest BCUT2D eigenvalue weighted by molar-refractivity contribution is -0.142. The molecule has 2 heterocycles. The third-order valence-corrected chi connectivity index (χ3v) is 5.02. The van der Waals surface area contributed by atoms with Crippen LogP contribution in [0.15, 0.2) is 10.7 Å². The van der Waals surface area contributed by atoms with Gasteiger partial charge in [-0.2, -0.15) is 23.4 Å². The SMILES string of the molecule is Cc1c(C(C)NC(=O)CCn2nc(C(F)(F)F)c(Br)c2C)cnn1C. The van der Waals surface area contributed by atoms with Crippen molar-refractivity contribution >= 4 is 21.8 Å². The van der Waals surface area contributed by atoms with Gasteiger partial charge in [0.1, 0.15) is 0 Å². The topological polar surface area (TPSA) is 64.7 Å². The smallest absolute Gasteiger partial charge is 0.349 e. The highest BCUT2D eigenvalue weighted by Crippen LogP contribution is 2.35. The van der Waals surface area contributed by atoms with Gasteiger partial charge in [0, 0.05) is 24.7 Å². The van der Waals surface area contributed by atoms with Gasteiger partial charge in [-0.3, -0.25) is 14.2 Å². The average molecular weight is 422 g/mol. The molecule has 0 aromatic carbocycles. The molecule has 0 spiro atoms. The van der Waals surface area contributed by atoms with Crippen LogP contribution in [0.2, 0.25) is 0 Å². The van der Waals surface area contributed by atoms with Gasteiger partial charge in [-0.1, -0.05) is 0 Å². The first-order valence-corrected chi connectivity index (χ1v) is 8.39. The lowest BCUT2D eigenvalue weighted by Gasteiger charge is -2.14. The number of alkyl halides is 3. The Morgan fingerprint density at radius 3 is 2.48 bits per heavy atom. The van der Waals surface area contributed by atoms with E-state index in [0.29, 0.717) is 5.69 Å². The lowest BCUT2D eigenvalue weighted by atomic mass is 10.1. The van der Waals surface area contributed by atoms with Crippen molar-refractivity contribution in [1.82, 2.24) is 24.9 Å². The van der Waals surface area contributed by atoms with E-state index in [1.807, 2.05) is 20.9 Å². The van der Waals surface area contributed by atoms with Crippen molar-refractivity contribution in [2.45, 2.75) is 46.0 Å².